The molecular weight excluding hydrogens is 276 g/mol. The second-order valence-electron chi connectivity index (χ2n) is 6.74. The number of aliphatic hydroxyl groups is 2. The summed E-state index contributed by atoms with van der Waals surface area (Å²) in [5, 5.41) is 20.8. The molecule has 1 rings (SSSR count). The van der Waals surface area contributed by atoms with E-state index in [-0.39, 0.29) is 0 Å². The lowest BCUT2D eigenvalue weighted by Crippen LogP contribution is -2.37. The Morgan fingerprint density at radius 2 is 1.91 bits per heavy atom. The van der Waals surface area contributed by atoms with Crippen molar-refractivity contribution in [3.05, 3.63) is 29.8 Å². The van der Waals surface area contributed by atoms with E-state index in [0.717, 1.165) is 37.7 Å². The quantitative estimate of drug-likeness (QED) is 0.670. The van der Waals surface area contributed by atoms with Crippen molar-refractivity contribution in [3.8, 4) is 5.75 Å². The maximum absolute atomic E-state index is 10.7. The third-order valence-electron chi connectivity index (χ3n) is 3.82. The highest BCUT2D eigenvalue weighted by atomic mass is 16.5. The van der Waals surface area contributed by atoms with E-state index in [2.05, 4.69) is 27.7 Å². The maximum atomic E-state index is 10.7. The van der Waals surface area contributed by atoms with Crippen LogP contribution in [0.25, 0.3) is 0 Å². The Hall–Kier alpha value is -1.06. The molecule has 0 aliphatic heterocycles. The molecular formula is C19H32O3. The van der Waals surface area contributed by atoms with Crippen molar-refractivity contribution in [1.29, 1.82) is 0 Å². The molecule has 0 aliphatic carbocycles. The Labute approximate surface area is 135 Å². The molecule has 0 saturated carbocycles. The average molecular weight is 308 g/mol. The van der Waals surface area contributed by atoms with Crippen LogP contribution in [0.4, 0.5) is 0 Å². The Morgan fingerprint density at radius 3 is 2.50 bits per heavy atom. The van der Waals surface area contributed by atoms with Gasteiger partial charge in [-0.2, -0.15) is 0 Å². The number of benzene rings is 1. The van der Waals surface area contributed by atoms with Gasteiger partial charge in [-0.1, -0.05) is 52.7 Å². The SMILES string of the molecule is CCCC(O)c1cccc(OCC(O)(CCC)CC(C)C)c1. The lowest BCUT2D eigenvalue weighted by Gasteiger charge is -2.29. The number of ether oxygens (including phenoxy) is 1. The Bertz CT molecular complexity index is 430. The van der Waals surface area contributed by atoms with Crippen LogP contribution in [0.15, 0.2) is 24.3 Å². The molecule has 0 aliphatic rings. The Kier molecular flexibility index (Phi) is 7.91. The van der Waals surface area contributed by atoms with Crippen LogP contribution in [0, 0.1) is 5.92 Å². The van der Waals surface area contributed by atoms with Gasteiger partial charge in [0.2, 0.25) is 0 Å². The number of aliphatic hydroxyl groups excluding tert-OH is 1. The molecule has 2 unspecified atom stereocenters. The summed E-state index contributed by atoms with van der Waals surface area (Å²) in [6.45, 7) is 8.66. The minimum Gasteiger partial charge on any atom is -0.491 e. The minimum absolute atomic E-state index is 0.298. The fourth-order valence-electron chi connectivity index (χ4n) is 2.93. The van der Waals surface area contributed by atoms with Gasteiger partial charge in [0.15, 0.2) is 0 Å². The van der Waals surface area contributed by atoms with Crippen molar-refractivity contribution < 1.29 is 14.9 Å². The topological polar surface area (TPSA) is 49.7 Å². The van der Waals surface area contributed by atoms with Crippen molar-refractivity contribution in [3.63, 3.8) is 0 Å². The highest BCUT2D eigenvalue weighted by molar-refractivity contribution is 5.30. The predicted molar refractivity (Wildman–Crippen MR) is 91.1 cm³/mol. The van der Waals surface area contributed by atoms with Crippen LogP contribution in [0.2, 0.25) is 0 Å². The highest BCUT2D eigenvalue weighted by Gasteiger charge is 2.28. The second kappa shape index (κ2) is 9.16. The summed E-state index contributed by atoms with van der Waals surface area (Å²) in [5.41, 5.74) is 0.100. The van der Waals surface area contributed by atoms with Crippen molar-refractivity contribution >= 4 is 0 Å². The Morgan fingerprint density at radius 1 is 1.18 bits per heavy atom. The van der Waals surface area contributed by atoms with Gasteiger partial charge in [-0.15, -0.1) is 0 Å². The van der Waals surface area contributed by atoms with Gasteiger partial charge in [0.25, 0.3) is 0 Å². The number of rotatable bonds is 10. The third-order valence-corrected chi connectivity index (χ3v) is 3.82. The van der Waals surface area contributed by atoms with Crippen molar-refractivity contribution in [2.24, 2.45) is 5.92 Å². The first-order valence-electron chi connectivity index (χ1n) is 8.53. The van der Waals surface area contributed by atoms with Gasteiger partial charge in [-0.25, -0.2) is 0 Å². The van der Waals surface area contributed by atoms with E-state index in [4.69, 9.17) is 4.74 Å². The predicted octanol–water partition coefficient (Wildman–Crippen LogP) is 4.48. The molecule has 22 heavy (non-hydrogen) atoms. The molecule has 0 aromatic heterocycles. The second-order valence-corrected chi connectivity index (χ2v) is 6.74. The summed E-state index contributed by atoms with van der Waals surface area (Å²) in [6.07, 6.45) is 3.65. The molecule has 0 spiro atoms. The van der Waals surface area contributed by atoms with E-state index in [1.54, 1.807) is 0 Å². The highest BCUT2D eigenvalue weighted by Crippen LogP contribution is 2.26. The first-order chi connectivity index (χ1) is 10.4. The molecule has 1 aromatic carbocycles. The van der Waals surface area contributed by atoms with Gasteiger partial charge in [-0.3, -0.25) is 0 Å². The molecule has 0 amide bonds. The fourth-order valence-corrected chi connectivity index (χ4v) is 2.93. The van der Waals surface area contributed by atoms with Gasteiger partial charge in [0.05, 0.1) is 11.7 Å². The smallest absolute Gasteiger partial charge is 0.119 e. The minimum atomic E-state index is -0.777. The van der Waals surface area contributed by atoms with E-state index >= 15 is 0 Å². The molecule has 0 saturated heterocycles. The molecule has 3 heteroatoms. The molecule has 0 fully saturated rings. The summed E-state index contributed by atoms with van der Waals surface area (Å²) in [5.74, 6) is 1.14. The van der Waals surface area contributed by atoms with Gasteiger partial charge in [0, 0.05) is 0 Å². The molecule has 0 bridgehead atoms. The van der Waals surface area contributed by atoms with E-state index in [1.807, 2.05) is 24.3 Å². The summed E-state index contributed by atoms with van der Waals surface area (Å²) in [4.78, 5) is 0. The molecule has 3 nitrogen and oxygen atoms in total. The van der Waals surface area contributed by atoms with Crippen LogP contribution < -0.4 is 4.74 Å². The fraction of sp³-hybridized carbons (Fsp3) is 0.684. The van der Waals surface area contributed by atoms with Crippen LogP contribution >= 0.6 is 0 Å². The largest absolute Gasteiger partial charge is 0.491 e. The zero-order valence-electron chi connectivity index (χ0n) is 14.5. The lowest BCUT2D eigenvalue weighted by molar-refractivity contribution is -0.0287. The standard InChI is InChI=1S/C19H32O3/c1-5-8-18(20)16-9-7-10-17(12-16)22-14-19(21,11-6-2)13-15(3)4/h7,9-10,12,15,18,20-21H,5-6,8,11,13-14H2,1-4H3. The lowest BCUT2D eigenvalue weighted by atomic mass is 9.89. The van der Waals surface area contributed by atoms with E-state index in [0.29, 0.717) is 18.3 Å². The van der Waals surface area contributed by atoms with Crippen LogP contribution in [-0.2, 0) is 0 Å². The summed E-state index contributed by atoms with van der Waals surface area (Å²) < 4.78 is 5.83. The zero-order chi connectivity index (χ0) is 16.6. The molecule has 0 radical (unpaired) electrons. The number of hydrogen-bond acceptors (Lipinski definition) is 3. The monoisotopic (exact) mass is 308 g/mol. The van der Waals surface area contributed by atoms with E-state index < -0.39 is 11.7 Å². The molecule has 1 aromatic rings. The van der Waals surface area contributed by atoms with Gasteiger partial charge in [-0.05, 0) is 42.9 Å². The van der Waals surface area contributed by atoms with Gasteiger partial charge in [0.1, 0.15) is 12.4 Å². The molecule has 126 valence electrons. The first-order valence-corrected chi connectivity index (χ1v) is 8.53. The summed E-state index contributed by atoms with van der Waals surface area (Å²) in [7, 11) is 0. The van der Waals surface area contributed by atoms with Crippen LogP contribution in [-0.4, -0.2) is 22.4 Å². The van der Waals surface area contributed by atoms with E-state index in [9.17, 15) is 10.2 Å². The average Bonchev–Trinajstić information content (AvgIpc) is 2.45. The number of hydrogen-bond donors (Lipinski definition) is 2. The molecule has 2 atom stereocenters. The normalized spacial score (nSPS) is 15.6. The maximum Gasteiger partial charge on any atom is 0.119 e. The van der Waals surface area contributed by atoms with Crippen molar-refractivity contribution in [2.75, 3.05) is 6.61 Å². The third kappa shape index (κ3) is 6.37. The van der Waals surface area contributed by atoms with Crippen molar-refractivity contribution in [2.45, 2.75) is 71.5 Å². The first kappa shape index (κ1) is 19.0. The summed E-state index contributed by atoms with van der Waals surface area (Å²) >= 11 is 0. The van der Waals surface area contributed by atoms with E-state index in [1.165, 1.54) is 0 Å². The Balaban J connectivity index is 2.71. The van der Waals surface area contributed by atoms with Gasteiger partial charge >= 0.3 is 0 Å². The zero-order valence-corrected chi connectivity index (χ0v) is 14.5. The molecule has 2 N–H and O–H groups in total. The summed E-state index contributed by atoms with van der Waals surface area (Å²) in [6, 6.07) is 7.57. The van der Waals surface area contributed by atoms with Crippen LogP contribution in [0.1, 0.15) is 71.5 Å². The molecule has 0 heterocycles. The van der Waals surface area contributed by atoms with Gasteiger partial charge < -0.3 is 14.9 Å². The van der Waals surface area contributed by atoms with Crippen LogP contribution in [0.3, 0.4) is 0 Å². The van der Waals surface area contributed by atoms with Crippen molar-refractivity contribution in [1.82, 2.24) is 0 Å². The van der Waals surface area contributed by atoms with Crippen LogP contribution in [0.5, 0.6) is 5.75 Å².